The number of alkyl halides is 3. The number of halogens is 4. The standard InChI is InChI=1S/C16H16F4N6O2/c17-10-2-1-3-11(8-10)26-14(16(18,19)20)13(22-23-26)15(28)25-6-4-24(5-7-25)9-12(21)27/h1-3,8H,4-7,9H2,(H2,21,27). The van der Waals surface area contributed by atoms with Crippen LogP contribution in [0.4, 0.5) is 17.6 Å². The number of primary amides is 1. The predicted molar refractivity (Wildman–Crippen MR) is 87.9 cm³/mol. The Morgan fingerprint density at radius 1 is 1.14 bits per heavy atom. The van der Waals surface area contributed by atoms with Gasteiger partial charge in [0, 0.05) is 26.2 Å². The molecular weight excluding hydrogens is 384 g/mol. The van der Waals surface area contributed by atoms with E-state index in [2.05, 4.69) is 10.3 Å². The van der Waals surface area contributed by atoms with Crippen molar-refractivity contribution in [3.05, 3.63) is 41.5 Å². The molecule has 1 aromatic carbocycles. The largest absolute Gasteiger partial charge is 0.435 e. The van der Waals surface area contributed by atoms with Gasteiger partial charge in [0.05, 0.1) is 12.2 Å². The molecule has 1 fully saturated rings. The van der Waals surface area contributed by atoms with Crippen molar-refractivity contribution in [3.63, 3.8) is 0 Å². The van der Waals surface area contributed by atoms with Gasteiger partial charge in [-0.05, 0) is 18.2 Å². The molecule has 150 valence electrons. The number of piperazine rings is 1. The van der Waals surface area contributed by atoms with Crippen LogP contribution in [0.15, 0.2) is 24.3 Å². The molecule has 2 heterocycles. The summed E-state index contributed by atoms with van der Waals surface area (Å²) in [5, 5.41) is 6.85. The topological polar surface area (TPSA) is 97.4 Å². The summed E-state index contributed by atoms with van der Waals surface area (Å²) in [5.74, 6) is -2.22. The minimum Gasteiger partial charge on any atom is -0.369 e. The quantitative estimate of drug-likeness (QED) is 0.761. The lowest BCUT2D eigenvalue weighted by molar-refractivity contribution is -0.143. The van der Waals surface area contributed by atoms with E-state index in [9.17, 15) is 27.2 Å². The SMILES string of the molecule is NC(=O)CN1CCN(C(=O)c2nnn(-c3cccc(F)c3)c2C(F)(F)F)CC1. The number of hydrogen-bond donors (Lipinski definition) is 1. The molecule has 8 nitrogen and oxygen atoms in total. The highest BCUT2D eigenvalue weighted by atomic mass is 19.4. The van der Waals surface area contributed by atoms with Crippen molar-refractivity contribution in [2.24, 2.45) is 5.73 Å². The van der Waals surface area contributed by atoms with Crippen molar-refractivity contribution in [2.45, 2.75) is 6.18 Å². The van der Waals surface area contributed by atoms with Gasteiger partial charge in [0.2, 0.25) is 5.91 Å². The van der Waals surface area contributed by atoms with Gasteiger partial charge in [-0.2, -0.15) is 13.2 Å². The number of nitrogens with two attached hydrogens (primary N) is 1. The smallest absolute Gasteiger partial charge is 0.369 e. The molecule has 28 heavy (non-hydrogen) atoms. The first-order valence-electron chi connectivity index (χ1n) is 8.25. The first-order chi connectivity index (χ1) is 13.2. The van der Waals surface area contributed by atoms with E-state index in [1.165, 1.54) is 17.0 Å². The first-order valence-corrected chi connectivity index (χ1v) is 8.25. The molecule has 12 heteroatoms. The van der Waals surface area contributed by atoms with Crippen LogP contribution >= 0.6 is 0 Å². The summed E-state index contributed by atoms with van der Waals surface area (Å²) in [6.45, 7) is 0.792. The highest BCUT2D eigenvalue weighted by Crippen LogP contribution is 2.33. The highest BCUT2D eigenvalue weighted by molar-refractivity contribution is 5.93. The number of carbonyl (C=O) groups excluding carboxylic acids is 2. The minimum atomic E-state index is -4.94. The summed E-state index contributed by atoms with van der Waals surface area (Å²) in [6, 6.07) is 4.39. The molecule has 1 aromatic heterocycles. The Bertz CT molecular complexity index is 889. The number of benzene rings is 1. The van der Waals surface area contributed by atoms with Crippen LogP contribution in [-0.2, 0) is 11.0 Å². The maximum Gasteiger partial charge on any atom is 0.435 e. The Morgan fingerprint density at radius 3 is 2.39 bits per heavy atom. The maximum absolute atomic E-state index is 13.6. The molecule has 1 aliphatic heterocycles. The summed E-state index contributed by atoms with van der Waals surface area (Å²) in [6.07, 6.45) is -4.94. The van der Waals surface area contributed by atoms with Crippen molar-refractivity contribution in [1.82, 2.24) is 24.8 Å². The fraction of sp³-hybridized carbons (Fsp3) is 0.375. The molecule has 2 aromatic rings. The van der Waals surface area contributed by atoms with E-state index in [1.807, 2.05) is 0 Å². The molecule has 0 saturated carbocycles. The van der Waals surface area contributed by atoms with Crippen LogP contribution in [0.2, 0.25) is 0 Å². The van der Waals surface area contributed by atoms with Gasteiger partial charge in [-0.1, -0.05) is 11.3 Å². The molecule has 2 amide bonds. The van der Waals surface area contributed by atoms with E-state index < -0.39 is 35.2 Å². The van der Waals surface area contributed by atoms with Crippen LogP contribution in [-0.4, -0.2) is 69.3 Å². The van der Waals surface area contributed by atoms with Crippen LogP contribution in [0.5, 0.6) is 0 Å². The number of amides is 2. The van der Waals surface area contributed by atoms with Gasteiger partial charge in [-0.15, -0.1) is 5.10 Å². The molecule has 0 bridgehead atoms. The third-order valence-electron chi connectivity index (χ3n) is 4.23. The molecule has 2 N–H and O–H groups in total. The van der Waals surface area contributed by atoms with Gasteiger partial charge >= 0.3 is 6.18 Å². The van der Waals surface area contributed by atoms with Crippen molar-refractivity contribution >= 4 is 11.8 Å². The van der Waals surface area contributed by atoms with Gasteiger partial charge in [0.25, 0.3) is 5.91 Å². The van der Waals surface area contributed by atoms with E-state index in [1.54, 1.807) is 4.90 Å². The molecule has 1 saturated heterocycles. The molecule has 0 aliphatic carbocycles. The Morgan fingerprint density at radius 2 is 1.82 bits per heavy atom. The van der Waals surface area contributed by atoms with Gasteiger partial charge in [-0.25, -0.2) is 9.07 Å². The average Bonchev–Trinajstić information content (AvgIpc) is 3.07. The first kappa shape index (κ1) is 19.7. The van der Waals surface area contributed by atoms with Gasteiger partial charge < -0.3 is 10.6 Å². The highest BCUT2D eigenvalue weighted by Gasteiger charge is 2.43. The van der Waals surface area contributed by atoms with E-state index in [4.69, 9.17) is 5.73 Å². The number of aromatic nitrogens is 3. The summed E-state index contributed by atoms with van der Waals surface area (Å²) >= 11 is 0. The zero-order valence-corrected chi connectivity index (χ0v) is 14.5. The summed E-state index contributed by atoms with van der Waals surface area (Å²) in [5.41, 5.74) is 2.67. The second kappa shape index (κ2) is 7.54. The van der Waals surface area contributed by atoms with Crippen molar-refractivity contribution in [2.75, 3.05) is 32.7 Å². The zero-order chi connectivity index (χ0) is 20.5. The molecule has 0 atom stereocenters. The lowest BCUT2D eigenvalue weighted by atomic mass is 10.2. The van der Waals surface area contributed by atoms with Crippen LogP contribution in [0.3, 0.4) is 0 Å². The number of hydrogen-bond acceptors (Lipinski definition) is 5. The molecule has 3 rings (SSSR count). The molecule has 0 radical (unpaired) electrons. The average molecular weight is 400 g/mol. The monoisotopic (exact) mass is 400 g/mol. The second-order valence-corrected chi connectivity index (χ2v) is 6.21. The third kappa shape index (κ3) is 4.11. The van der Waals surface area contributed by atoms with Crippen molar-refractivity contribution in [3.8, 4) is 5.69 Å². The molecule has 0 spiro atoms. The lowest BCUT2D eigenvalue weighted by Crippen LogP contribution is -2.50. The van der Waals surface area contributed by atoms with E-state index >= 15 is 0 Å². The maximum atomic E-state index is 13.6. The fourth-order valence-electron chi connectivity index (χ4n) is 2.95. The lowest BCUT2D eigenvalue weighted by Gasteiger charge is -2.33. The van der Waals surface area contributed by atoms with Gasteiger partial charge in [0.1, 0.15) is 5.82 Å². The Labute approximate surface area is 156 Å². The summed E-state index contributed by atoms with van der Waals surface area (Å²) < 4.78 is 54.7. The van der Waals surface area contributed by atoms with Crippen molar-refractivity contribution < 1.29 is 27.2 Å². The summed E-state index contributed by atoms with van der Waals surface area (Å²) in [4.78, 5) is 26.5. The third-order valence-corrected chi connectivity index (χ3v) is 4.23. The normalized spacial score (nSPS) is 15.6. The van der Waals surface area contributed by atoms with Crippen LogP contribution in [0, 0.1) is 5.82 Å². The molecule has 0 unspecified atom stereocenters. The fourth-order valence-corrected chi connectivity index (χ4v) is 2.95. The number of carbonyl (C=O) groups is 2. The zero-order valence-electron chi connectivity index (χ0n) is 14.5. The van der Waals surface area contributed by atoms with Gasteiger partial charge in [-0.3, -0.25) is 14.5 Å². The Kier molecular flexibility index (Phi) is 5.31. The van der Waals surface area contributed by atoms with Gasteiger partial charge in [0.15, 0.2) is 11.4 Å². The Balaban J connectivity index is 1.88. The Hall–Kier alpha value is -3.02. The van der Waals surface area contributed by atoms with E-state index in [0.29, 0.717) is 4.68 Å². The predicted octanol–water partition coefficient (Wildman–Crippen LogP) is 0.668. The minimum absolute atomic E-state index is 0.00554. The number of nitrogens with zero attached hydrogens (tertiary/aromatic N) is 5. The van der Waals surface area contributed by atoms with Crippen LogP contribution in [0.1, 0.15) is 16.2 Å². The van der Waals surface area contributed by atoms with Crippen LogP contribution in [0.25, 0.3) is 5.69 Å². The number of rotatable bonds is 4. The van der Waals surface area contributed by atoms with E-state index in [-0.39, 0.29) is 38.4 Å². The molecule has 1 aliphatic rings. The molecular formula is C16H16F4N6O2. The second-order valence-electron chi connectivity index (χ2n) is 6.21. The summed E-state index contributed by atoms with van der Waals surface area (Å²) in [7, 11) is 0. The van der Waals surface area contributed by atoms with Crippen LogP contribution < -0.4 is 5.73 Å². The van der Waals surface area contributed by atoms with Crippen molar-refractivity contribution in [1.29, 1.82) is 0 Å². The van der Waals surface area contributed by atoms with E-state index in [0.717, 1.165) is 12.1 Å².